The Hall–Kier alpha value is -3.15. The molecule has 0 bridgehead atoms. The zero-order valence-electron chi connectivity index (χ0n) is 13.4. The standard InChI is InChI=1S/C16H13F3N4O2/c1-9-13(7-20)15(22-10(2)14(9)23(24)25)21-8-11-4-3-5-12(6-11)16(17,18)19/h3-6H,8H2,1-2H3,(H,21,22)/p+1. The van der Waals surface area contributed by atoms with Gasteiger partial charge in [-0.3, -0.25) is 15.4 Å². The number of nitro groups is 1. The number of hydrogen-bond donors (Lipinski definition) is 1. The lowest BCUT2D eigenvalue weighted by Gasteiger charge is -2.09. The largest absolute Gasteiger partial charge is 0.416 e. The van der Waals surface area contributed by atoms with Crippen LogP contribution in [-0.4, -0.2) is 4.92 Å². The van der Waals surface area contributed by atoms with Gasteiger partial charge in [-0.15, -0.1) is 0 Å². The number of nitrogens with one attached hydrogen (secondary N) is 2. The van der Waals surface area contributed by atoms with Gasteiger partial charge in [-0.25, -0.2) is 4.98 Å². The fourth-order valence-corrected chi connectivity index (χ4v) is 2.49. The second-order valence-electron chi connectivity index (χ2n) is 5.39. The summed E-state index contributed by atoms with van der Waals surface area (Å²) in [5.41, 5.74) is -0.123. The molecule has 25 heavy (non-hydrogen) atoms. The molecule has 2 N–H and O–H groups in total. The number of aromatic amines is 1. The summed E-state index contributed by atoms with van der Waals surface area (Å²) in [5.74, 6) is 0.223. The Morgan fingerprint density at radius 1 is 1.36 bits per heavy atom. The molecule has 0 saturated carbocycles. The number of hydrogen-bond acceptors (Lipinski definition) is 4. The first-order chi connectivity index (χ1) is 11.6. The maximum absolute atomic E-state index is 12.7. The molecule has 9 heteroatoms. The molecule has 1 aromatic heterocycles. The highest BCUT2D eigenvalue weighted by atomic mass is 19.4. The van der Waals surface area contributed by atoms with E-state index in [0.29, 0.717) is 5.56 Å². The summed E-state index contributed by atoms with van der Waals surface area (Å²) in [6.45, 7) is 2.96. The first kappa shape index (κ1) is 18.2. The number of halogens is 3. The number of anilines is 1. The molecule has 2 aromatic rings. The number of nitrogens with zero attached hydrogens (tertiary/aromatic N) is 2. The number of H-pyrrole nitrogens is 1. The molecule has 1 aromatic carbocycles. The molecule has 0 amide bonds. The van der Waals surface area contributed by atoms with Crippen molar-refractivity contribution in [2.45, 2.75) is 26.6 Å². The van der Waals surface area contributed by atoms with Crippen LogP contribution in [0, 0.1) is 35.3 Å². The van der Waals surface area contributed by atoms with Crippen molar-refractivity contribution in [1.82, 2.24) is 0 Å². The lowest BCUT2D eigenvalue weighted by atomic mass is 10.1. The second-order valence-corrected chi connectivity index (χ2v) is 5.39. The molecule has 6 nitrogen and oxygen atoms in total. The molecule has 0 radical (unpaired) electrons. The van der Waals surface area contributed by atoms with Crippen molar-refractivity contribution in [3.05, 3.63) is 62.3 Å². The van der Waals surface area contributed by atoms with Gasteiger partial charge in [0.2, 0.25) is 0 Å². The van der Waals surface area contributed by atoms with E-state index in [1.165, 1.54) is 26.0 Å². The number of aryl methyl sites for hydroxylation is 1. The Labute approximate surface area is 141 Å². The van der Waals surface area contributed by atoms with Crippen LogP contribution in [0.25, 0.3) is 0 Å². The monoisotopic (exact) mass is 351 g/mol. The quantitative estimate of drug-likeness (QED) is 0.673. The average molecular weight is 351 g/mol. The van der Waals surface area contributed by atoms with Gasteiger partial charge in [0.25, 0.3) is 5.82 Å². The van der Waals surface area contributed by atoms with E-state index < -0.39 is 16.7 Å². The average Bonchev–Trinajstić information content (AvgIpc) is 2.51. The molecule has 0 spiro atoms. The normalized spacial score (nSPS) is 11.0. The Morgan fingerprint density at radius 3 is 2.60 bits per heavy atom. The number of aromatic nitrogens is 1. The zero-order chi connectivity index (χ0) is 18.8. The zero-order valence-corrected chi connectivity index (χ0v) is 13.4. The third kappa shape index (κ3) is 3.85. The van der Waals surface area contributed by atoms with Crippen LogP contribution in [0.15, 0.2) is 24.3 Å². The van der Waals surface area contributed by atoms with E-state index in [1.54, 1.807) is 0 Å². The van der Waals surface area contributed by atoms with Crippen molar-refractivity contribution in [2.75, 3.05) is 5.32 Å². The van der Waals surface area contributed by atoms with E-state index in [0.717, 1.165) is 12.1 Å². The van der Waals surface area contributed by atoms with Crippen molar-refractivity contribution in [3.8, 4) is 6.07 Å². The fourth-order valence-electron chi connectivity index (χ4n) is 2.49. The number of rotatable bonds is 4. The van der Waals surface area contributed by atoms with E-state index >= 15 is 0 Å². The highest BCUT2D eigenvalue weighted by Crippen LogP contribution is 2.30. The minimum atomic E-state index is -4.44. The van der Waals surface area contributed by atoms with E-state index in [1.807, 2.05) is 6.07 Å². The first-order valence-electron chi connectivity index (χ1n) is 7.16. The van der Waals surface area contributed by atoms with Crippen molar-refractivity contribution in [2.24, 2.45) is 0 Å². The predicted molar refractivity (Wildman–Crippen MR) is 82.6 cm³/mol. The molecule has 0 aliphatic carbocycles. The minimum absolute atomic E-state index is 0.0196. The maximum atomic E-state index is 12.7. The van der Waals surface area contributed by atoms with Gasteiger partial charge in [0.15, 0.2) is 11.3 Å². The third-order valence-corrected chi connectivity index (χ3v) is 3.67. The van der Waals surface area contributed by atoms with Crippen molar-refractivity contribution in [1.29, 1.82) is 5.26 Å². The molecule has 1 heterocycles. The van der Waals surface area contributed by atoms with Gasteiger partial charge in [0.05, 0.1) is 16.1 Å². The van der Waals surface area contributed by atoms with Crippen LogP contribution in [0.1, 0.15) is 27.9 Å². The van der Waals surface area contributed by atoms with Crippen LogP contribution in [0.2, 0.25) is 0 Å². The molecule has 0 unspecified atom stereocenters. The van der Waals surface area contributed by atoms with E-state index in [-0.39, 0.29) is 34.9 Å². The SMILES string of the molecule is Cc1[nH+]c(NCc2cccc(C(F)(F)F)c2)c(C#N)c(C)c1[N+](=O)[O-]. The summed E-state index contributed by atoms with van der Waals surface area (Å²) in [4.78, 5) is 13.2. The lowest BCUT2D eigenvalue weighted by Crippen LogP contribution is -2.21. The topological polar surface area (TPSA) is 93.1 Å². The van der Waals surface area contributed by atoms with Crippen molar-refractivity contribution < 1.29 is 23.1 Å². The number of benzene rings is 1. The summed E-state index contributed by atoms with van der Waals surface area (Å²) in [6, 6.07) is 6.66. The molecule has 2 rings (SSSR count). The van der Waals surface area contributed by atoms with Crippen LogP contribution in [-0.2, 0) is 12.7 Å². The number of nitriles is 1. The molecule has 0 saturated heterocycles. The highest BCUT2D eigenvalue weighted by molar-refractivity contribution is 5.59. The summed E-state index contributed by atoms with van der Waals surface area (Å²) in [5, 5.41) is 23.2. The molecule has 0 aliphatic heterocycles. The summed E-state index contributed by atoms with van der Waals surface area (Å²) in [7, 11) is 0. The Kier molecular flexibility index (Phi) is 4.92. The Morgan fingerprint density at radius 2 is 2.04 bits per heavy atom. The fraction of sp³-hybridized carbons (Fsp3) is 0.250. The second kappa shape index (κ2) is 6.76. The van der Waals surface area contributed by atoms with Gasteiger partial charge in [-0.2, -0.15) is 18.4 Å². The smallest absolute Gasteiger partial charge is 0.269 e. The molecule has 0 atom stereocenters. The van der Waals surface area contributed by atoms with Crippen LogP contribution >= 0.6 is 0 Å². The minimum Gasteiger partial charge on any atom is -0.269 e. The maximum Gasteiger partial charge on any atom is 0.416 e. The first-order valence-corrected chi connectivity index (χ1v) is 7.16. The van der Waals surface area contributed by atoms with Gasteiger partial charge in [-0.1, -0.05) is 12.1 Å². The van der Waals surface area contributed by atoms with Crippen LogP contribution in [0.5, 0.6) is 0 Å². The Bertz CT molecular complexity index is 873. The van der Waals surface area contributed by atoms with Gasteiger partial charge >= 0.3 is 11.9 Å². The van der Waals surface area contributed by atoms with Gasteiger partial charge in [0.1, 0.15) is 12.6 Å². The summed E-state index contributed by atoms with van der Waals surface area (Å²) in [6.07, 6.45) is -4.44. The third-order valence-electron chi connectivity index (χ3n) is 3.67. The van der Waals surface area contributed by atoms with E-state index in [4.69, 9.17) is 0 Å². The number of pyridine rings is 1. The summed E-state index contributed by atoms with van der Waals surface area (Å²) >= 11 is 0. The van der Waals surface area contributed by atoms with Crippen molar-refractivity contribution >= 4 is 11.5 Å². The molecule has 0 fully saturated rings. The van der Waals surface area contributed by atoms with Crippen molar-refractivity contribution in [3.63, 3.8) is 0 Å². The summed E-state index contributed by atoms with van der Waals surface area (Å²) < 4.78 is 38.2. The molecule has 0 aliphatic rings. The van der Waals surface area contributed by atoms with E-state index in [9.17, 15) is 28.5 Å². The van der Waals surface area contributed by atoms with E-state index in [2.05, 4.69) is 10.3 Å². The van der Waals surface area contributed by atoms with Crippen LogP contribution in [0.3, 0.4) is 0 Å². The van der Waals surface area contributed by atoms with Crippen LogP contribution < -0.4 is 10.3 Å². The molecular formula is C16H14F3N4O2+. The van der Waals surface area contributed by atoms with Gasteiger partial charge in [0, 0.05) is 6.92 Å². The lowest BCUT2D eigenvalue weighted by molar-refractivity contribution is -0.419. The highest BCUT2D eigenvalue weighted by Gasteiger charge is 2.30. The molecule has 130 valence electrons. The Balaban J connectivity index is 2.33. The van der Waals surface area contributed by atoms with Gasteiger partial charge < -0.3 is 0 Å². The van der Waals surface area contributed by atoms with Crippen LogP contribution in [0.4, 0.5) is 24.7 Å². The number of alkyl halides is 3. The molecular weight excluding hydrogens is 337 g/mol. The predicted octanol–water partition coefficient (Wildman–Crippen LogP) is 3.53. The van der Waals surface area contributed by atoms with Gasteiger partial charge in [-0.05, 0) is 24.6 Å².